The lowest BCUT2D eigenvalue weighted by Crippen LogP contribution is -2.02. The highest BCUT2D eigenvalue weighted by molar-refractivity contribution is 9.10. The van der Waals surface area contributed by atoms with Crippen LogP contribution in [0.3, 0.4) is 0 Å². The molecule has 1 N–H and O–H groups in total. The number of halogens is 3. The Labute approximate surface area is 124 Å². The van der Waals surface area contributed by atoms with Crippen molar-refractivity contribution in [2.24, 2.45) is 0 Å². The van der Waals surface area contributed by atoms with Crippen LogP contribution in [0.25, 0.3) is 0 Å². The smallest absolute Gasteiger partial charge is 0.108 e. The lowest BCUT2D eigenvalue weighted by Gasteiger charge is -2.16. The molecule has 0 aliphatic rings. The highest BCUT2D eigenvalue weighted by Crippen LogP contribution is 2.36. The van der Waals surface area contributed by atoms with Gasteiger partial charge in [-0.3, -0.25) is 0 Å². The van der Waals surface area contributed by atoms with E-state index in [0.29, 0.717) is 15.6 Å². The number of rotatable bonds is 2. The Morgan fingerprint density at radius 3 is 2.28 bits per heavy atom. The molecule has 0 aliphatic heterocycles. The third kappa shape index (κ3) is 2.72. The van der Waals surface area contributed by atoms with Crippen molar-refractivity contribution in [3.8, 4) is 0 Å². The quantitative estimate of drug-likeness (QED) is 0.798. The molecule has 4 heteroatoms. The van der Waals surface area contributed by atoms with E-state index in [1.807, 2.05) is 25.1 Å². The van der Waals surface area contributed by atoms with Crippen LogP contribution in [-0.4, -0.2) is 5.11 Å². The second-order valence-electron chi connectivity index (χ2n) is 4.06. The van der Waals surface area contributed by atoms with E-state index in [-0.39, 0.29) is 0 Å². The van der Waals surface area contributed by atoms with Crippen molar-refractivity contribution in [3.63, 3.8) is 0 Å². The first kappa shape index (κ1) is 13.9. The molecule has 0 radical (unpaired) electrons. The maximum atomic E-state index is 10.4. The van der Waals surface area contributed by atoms with Gasteiger partial charge in [0, 0.05) is 20.1 Å². The fourth-order valence-corrected chi connectivity index (χ4v) is 3.10. The molecule has 0 heterocycles. The van der Waals surface area contributed by atoms with Gasteiger partial charge < -0.3 is 5.11 Å². The van der Waals surface area contributed by atoms with Crippen LogP contribution in [0.1, 0.15) is 22.8 Å². The average molecular weight is 346 g/mol. The third-order valence-corrected chi connectivity index (χ3v) is 4.07. The molecule has 2 rings (SSSR count). The predicted octanol–water partition coefficient (Wildman–Crippen LogP) is 5.15. The van der Waals surface area contributed by atoms with Gasteiger partial charge in [0.15, 0.2) is 0 Å². The molecular weight excluding hydrogens is 335 g/mol. The summed E-state index contributed by atoms with van der Waals surface area (Å²) in [7, 11) is 0. The van der Waals surface area contributed by atoms with Gasteiger partial charge in [-0.15, -0.1) is 0 Å². The lowest BCUT2D eigenvalue weighted by atomic mass is 10.0. The maximum absolute atomic E-state index is 10.4. The van der Waals surface area contributed by atoms with Crippen molar-refractivity contribution in [3.05, 3.63) is 67.6 Å². The molecular formula is C14H11BrCl2O. The summed E-state index contributed by atoms with van der Waals surface area (Å²) in [5.41, 5.74) is 2.39. The summed E-state index contributed by atoms with van der Waals surface area (Å²) in [5.74, 6) is 0. The van der Waals surface area contributed by atoms with Crippen LogP contribution in [0.15, 0.2) is 40.9 Å². The zero-order chi connectivity index (χ0) is 13.3. The molecule has 0 fully saturated rings. The molecule has 0 saturated carbocycles. The fraction of sp³-hybridized carbons (Fsp3) is 0.143. The van der Waals surface area contributed by atoms with Gasteiger partial charge in [-0.2, -0.15) is 0 Å². The molecule has 0 bridgehead atoms. The second-order valence-corrected chi connectivity index (χ2v) is 5.73. The van der Waals surface area contributed by atoms with Gasteiger partial charge >= 0.3 is 0 Å². The van der Waals surface area contributed by atoms with Crippen LogP contribution >= 0.6 is 39.1 Å². The molecule has 0 amide bonds. The number of aliphatic hydroxyl groups excluding tert-OH is 1. The summed E-state index contributed by atoms with van der Waals surface area (Å²) >= 11 is 15.6. The minimum absolute atomic E-state index is 0.461. The minimum atomic E-state index is -0.846. The first-order valence-electron chi connectivity index (χ1n) is 5.38. The van der Waals surface area contributed by atoms with Gasteiger partial charge in [0.1, 0.15) is 6.10 Å². The van der Waals surface area contributed by atoms with Crippen LogP contribution in [-0.2, 0) is 0 Å². The SMILES string of the molecule is Cc1ccc(C(O)c2c(Cl)cccc2Cl)c(Br)c1. The van der Waals surface area contributed by atoms with Crippen LogP contribution in [0.5, 0.6) is 0 Å². The molecule has 2 aromatic rings. The number of benzene rings is 2. The summed E-state index contributed by atoms with van der Waals surface area (Å²) in [6.07, 6.45) is -0.846. The topological polar surface area (TPSA) is 20.2 Å². The van der Waals surface area contributed by atoms with Crippen molar-refractivity contribution in [1.82, 2.24) is 0 Å². The molecule has 0 spiro atoms. The zero-order valence-electron chi connectivity index (χ0n) is 9.62. The molecule has 2 aromatic carbocycles. The van der Waals surface area contributed by atoms with E-state index >= 15 is 0 Å². The zero-order valence-corrected chi connectivity index (χ0v) is 12.7. The molecule has 0 aliphatic carbocycles. The lowest BCUT2D eigenvalue weighted by molar-refractivity contribution is 0.219. The molecule has 94 valence electrons. The number of hydrogen-bond acceptors (Lipinski definition) is 1. The molecule has 0 saturated heterocycles. The Morgan fingerprint density at radius 1 is 1.11 bits per heavy atom. The van der Waals surface area contributed by atoms with E-state index in [1.165, 1.54) is 0 Å². The van der Waals surface area contributed by atoms with Gasteiger partial charge in [-0.1, -0.05) is 57.3 Å². The van der Waals surface area contributed by atoms with E-state index in [1.54, 1.807) is 18.2 Å². The Kier molecular flexibility index (Phi) is 4.33. The summed E-state index contributed by atoms with van der Waals surface area (Å²) in [6.45, 7) is 1.99. The Balaban J connectivity index is 2.51. The summed E-state index contributed by atoms with van der Waals surface area (Å²) in [6, 6.07) is 10.9. The summed E-state index contributed by atoms with van der Waals surface area (Å²) in [4.78, 5) is 0. The predicted molar refractivity (Wildman–Crippen MR) is 79.4 cm³/mol. The third-order valence-electron chi connectivity index (χ3n) is 2.72. The monoisotopic (exact) mass is 344 g/mol. The minimum Gasteiger partial charge on any atom is -0.384 e. The molecule has 18 heavy (non-hydrogen) atoms. The fourth-order valence-electron chi connectivity index (χ4n) is 1.78. The molecule has 1 unspecified atom stereocenters. The Hall–Kier alpha value is -0.540. The van der Waals surface area contributed by atoms with Gasteiger partial charge in [0.25, 0.3) is 0 Å². The highest BCUT2D eigenvalue weighted by Gasteiger charge is 2.19. The van der Waals surface area contributed by atoms with E-state index in [0.717, 1.165) is 15.6 Å². The number of hydrogen-bond donors (Lipinski definition) is 1. The molecule has 1 nitrogen and oxygen atoms in total. The Bertz CT molecular complexity index is 564. The van der Waals surface area contributed by atoms with Crippen LogP contribution < -0.4 is 0 Å². The molecule has 1 atom stereocenters. The van der Waals surface area contributed by atoms with E-state index in [4.69, 9.17) is 23.2 Å². The highest BCUT2D eigenvalue weighted by atomic mass is 79.9. The van der Waals surface area contributed by atoms with Crippen molar-refractivity contribution in [2.75, 3.05) is 0 Å². The van der Waals surface area contributed by atoms with Gasteiger partial charge in [0.05, 0.1) is 0 Å². The van der Waals surface area contributed by atoms with Crippen molar-refractivity contribution in [1.29, 1.82) is 0 Å². The number of aliphatic hydroxyl groups is 1. The van der Waals surface area contributed by atoms with E-state index in [2.05, 4.69) is 15.9 Å². The van der Waals surface area contributed by atoms with E-state index < -0.39 is 6.10 Å². The van der Waals surface area contributed by atoms with Crippen molar-refractivity contribution >= 4 is 39.1 Å². The summed E-state index contributed by atoms with van der Waals surface area (Å²) < 4.78 is 0.839. The normalized spacial score (nSPS) is 12.5. The van der Waals surface area contributed by atoms with Crippen LogP contribution in [0.2, 0.25) is 10.0 Å². The van der Waals surface area contributed by atoms with E-state index in [9.17, 15) is 5.11 Å². The first-order valence-corrected chi connectivity index (χ1v) is 6.93. The first-order chi connectivity index (χ1) is 8.50. The van der Waals surface area contributed by atoms with Gasteiger partial charge in [-0.05, 0) is 36.2 Å². The summed E-state index contributed by atoms with van der Waals surface area (Å²) in [5, 5.41) is 11.3. The standard InChI is InChI=1S/C14H11BrCl2O/c1-8-5-6-9(10(15)7-8)14(18)13-11(16)3-2-4-12(13)17/h2-7,14,18H,1H3. The van der Waals surface area contributed by atoms with Crippen molar-refractivity contribution < 1.29 is 5.11 Å². The Morgan fingerprint density at radius 2 is 1.72 bits per heavy atom. The molecule has 0 aromatic heterocycles. The van der Waals surface area contributed by atoms with Crippen molar-refractivity contribution in [2.45, 2.75) is 13.0 Å². The average Bonchev–Trinajstić information content (AvgIpc) is 2.28. The van der Waals surface area contributed by atoms with Crippen LogP contribution in [0, 0.1) is 6.92 Å². The maximum Gasteiger partial charge on any atom is 0.108 e. The van der Waals surface area contributed by atoms with Gasteiger partial charge in [-0.25, -0.2) is 0 Å². The van der Waals surface area contributed by atoms with Gasteiger partial charge in [0.2, 0.25) is 0 Å². The number of aryl methyl sites for hydroxylation is 1. The second kappa shape index (κ2) is 5.62. The van der Waals surface area contributed by atoms with Crippen LogP contribution in [0.4, 0.5) is 0 Å². The largest absolute Gasteiger partial charge is 0.384 e.